The first-order valence-corrected chi connectivity index (χ1v) is 7.83. The van der Waals surface area contributed by atoms with Gasteiger partial charge in [0, 0.05) is 6.54 Å². The maximum atomic E-state index is 6.16. The molecule has 0 fully saturated rings. The highest BCUT2D eigenvalue weighted by Crippen LogP contribution is 2.35. The molecular weight excluding hydrogens is 311 g/mol. The van der Waals surface area contributed by atoms with E-state index in [-0.39, 0.29) is 0 Å². The smallest absolute Gasteiger partial charge is 0.183 e. The molecule has 1 N–H and O–H groups in total. The van der Waals surface area contributed by atoms with Crippen molar-refractivity contribution < 1.29 is 0 Å². The first-order chi connectivity index (χ1) is 9.74. The van der Waals surface area contributed by atoms with Gasteiger partial charge in [0.2, 0.25) is 0 Å². The van der Waals surface area contributed by atoms with Crippen LogP contribution in [0.15, 0.2) is 42.5 Å². The summed E-state index contributed by atoms with van der Waals surface area (Å²) in [4.78, 5) is 4.50. The minimum Gasteiger partial charge on any atom is -0.361 e. The highest BCUT2D eigenvalue weighted by Gasteiger charge is 2.10. The number of nitrogens with one attached hydrogen (secondary N) is 1. The molecule has 0 unspecified atom stereocenters. The van der Waals surface area contributed by atoms with Crippen molar-refractivity contribution in [2.75, 3.05) is 11.9 Å². The number of anilines is 1. The molecule has 0 spiro atoms. The normalized spacial score (nSPS) is 10.9. The van der Waals surface area contributed by atoms with Crippen molar-refractivity contribution in [1.29, 1.82) is 0 Å². The van der Waals surface area contributed by atoms with Gasteiger partial charge in [-0.1, -0.05) is 64.9 Å². The molecule has 5 heteroatoms. The lowest BCUT2D eigenvalue weighted by molar-refractivity contribution is 1.02. The Kier molecular flexibility index (Phi) is 4.10. The van der Waals surface area contributed by atoms with Gasteiger partial charge in [0.25, 0.3) is 0 Å². The second-order valence-electron chi connectivity index (χ2n) is 4.39. The van der Waals surface area contributed by atoms with Gasteiger partial charge in [-0.15, -0.1) is 0 Å². The fourth-order valence-corrected chi connectivity index (χ4v) is 3.43. The van der Waals surface area contributed by atoms with Crippen LogP contribution in [0.5, 0.6) is 0 Å². The van der Waals surface area contributed by atoms with E-state index in [4.69, 9.17) is 23.2 Å². The lowest BCUT2D eigenvalue weighted by atomic mass is 10.2. The molecule has 0 atom stereocenters. The zero-order chi connectivity index (χ0) is 13.9. The van der Waals surface area contributed by atoms with Crippen molar-refractivity contribution >= 4 is 49.9 Å². The van der Waals surface area contributed by atoms with Crippen molar-refractivity contribution in [3.05, 3.63) is 58.1 Å². The predicted molar refractivity (Wildman–Crippen MR) is 88.3 cm³/mol. The molecule has 2 aromatic carbocycles. The molecule has 0 saturated carbocycles. The standard InChI is InChI=1S/C15H12Cl2N2S/c16-11-6-7-12(17)14-13(11)19-15(20-14)18-9-8-10-4-2-1-3-5-10/h1-7H,8-9H2,(H,18,19). The molecule has 0 radical (unpaired) electrons. The van der Waals surface area contributed by atoms with E-state index < -0.39 is 0 Å². The van der Waals surface area contributed by atoms with Crippen molar-refractivity contribution in [2.24, 2.45) is 0 Å². The first kappa shape index (κ1) is 13.7. The third-order valence-corrected chi connectivity index (χ3v) is 4.76. The Morgan fingerprint density at radius 1 is 1.00 bits per heavy atom. The van der Waals surface area contributed by atoms with Gasteiger partial charge in [-0.3, -0.25) is 0 Å². The van der Waals surface area contributed by atoms with E-state index in [0.29, 0.717) is 10.0 Å². The maximum Gasteiger partial charge on any atom is 0.183 e. The zero-order valence-electron chi connectivity index (χ0n) is 10.6. The van der Waals surface area contributed by atoms with Gasteiger partial charge in [-0.05, 0) is 24.1 Å². The van der Waals surface area contributed by atoms with E-state index >= 15 is 0 Å². The molecule has 3 rings (SSSR count). The van der Waals surface area contributed by atoms with E-state index in [9.17, 15) is 0 Å². The van der Waals surface area contributed by atoms with Crippen LogP contribution in [0.25, 0.3) is 10.2 Å². The average molecular weight is 323 g/mol. The summed E-state index contributed by atoms with van der Waals surface area (Å²) in [7, 11) is 0. The molecule has 20 heavy (non-hydrogen) atoms. The number of rotatable bonds is 4. The van der Waals surface area contributed by atoms with Crippen LogP contribution >= 0.6 is 34.5 Å². The van der Waals surface area contributed by atoms with Crippen LogP contribution in [-0.4, -0.2) is 11.5 Å². The molecule has 3 aromatic rings. The molecule has 0 aliphatic heterocycles. The number of benzene rings is 2. The fourth-order valence-electron chi connectivity index (χ4n) is 1.98. The Labute approximate surface area is 131 Å². The maximum absolute atomic E-state index is 6.16. The second-order valence-corrected chi connectivity index (χ2v) is 6.20. The summed E-state index contributed by atoms with van der Waals surface area (Å²) in [5.41, 5.74) is 2.07. The van der Waals surface area contributed by atoms with E-state index in [2.05, 4.69) is 22.4 Å². The molecule has 1 aromatic heterocycles. The largest absolute Gasteiger partial charge is 0.361 e. The zero-order valence-corrected chi connectivity index (χ0v) is 12.9. The number of hydrogen-bond acceptors (Lipinski definition) is 3. The number of halogens is 2. The highest BCUT2D eigenvalue weighted by atomic mass is 35.5. The van der Waals surface area contributed by atoms with E-state index in [1.54, 1.807) is 12.1 Å². The molecule has 0 aliphatic rings. The molecule has 2 nitrogen and oxygen atoms in total. The van der Waals surface area contributed by atoms with Gasteiger partial charge < -0.3 is 5.32 Å². The second kappa shape index (κ2) is 6.00. The van der Waals surface area contributed by atoms with Crippen LogP contribution < -0.4 is 5.32 Å². The monoisotopic (exact) mass is 322 g/mol. The molecule has 0 saturated heterocycles. The number of thiazole rings is 1. The summed E-state index contributed by atoms with van der Waals surface area (Å²) in [5, 5.41) is 5.51. The van der Waals surface area contributed by atoms with Gasteiger partial charge >= 0.3 is 0 Å². The van der Waals surface area contributed by atoms with Gasteiger partial charge in [0.05, 0.1) is 14.7 Å². The summed E-state index contributed by atoms with van der Waals surface area (Å²) >= 11 is 13.8. The SMILES string of the molecule is Clc1ccc(Cl)c2sc(NCCc3ccccc3)nc12. The summed E-state index contributed by atoms with van der Waals surface area (Å²) in [6.07, 6.45) is 0.957. The molecule has 1 heterocycles. The average Bonchev–Trinajstić information content (AvgIpc) is 2.90. The minimum absolute atomic E-state index is 0.636. The van der Waals surface area contributed by atoms with E-state index in [1.165, 1.54) is 16.9 Å². The lowest BCUT2D eigenvalue weighted by Gasteiger charge is -2.02. The van der Waals surface area contributed by atoms with Crippen LogP contribution in [-0.2, 0) is 6.42 Å². The number of fused-ring (bicyclic) bond motifs is 1. The number of aromatic nitrogens is 1. The van der Waals surface area contributed by atoms with Crippen LogP contribution in [0.3, 0.4) is 0 Å². The predicted octanol–water partition coefficient (Wildman–Crippen LogP) is 5.26. The third-order valence-electron chi connectivity index (χ3n) is 2.98. The van der Waals surface area contributed by atoms with Crippen LogP contribution in [0.4, 0.5) is 5.13 Å². The van der Waals surface area contributed by atoms with Crippen LogP contribution in [0.1, 0.15) is 5.56 Å². The summed E-state index contributed by atoms with van der Waals surface area (Å²) < 4.78 is 0.932. The van der Waals surface area contributed by atoms with Gasteiger partial charge in [0.15, 0.2) is 5.13 Å². The van der Waals surface area contributed by atoms with E-state index in [1.807, 2.05) is 18.2 Å². The Morgan fingerprint density at radius 2 is 1.75 bits per heavy atom. The Morgan fingerprint density at radius 3 is 2.50 bits per heavy atom. The molecule has 0 bridgehead atoms. The van der Waals surface area contributed by atoms with E-state index in [0.717, 1.165) is 28.3 Å². The molecular formula is C15H12Cl2N2S. The number of nitrogens with zero attached hydrogens (tertiary/aromatic N) is 1. The minimum atomic E-state index is 0.636. The Hall–Kier alpha value is -1.29. The van der Waals surface area contributed by atoms with Gasteiger partial charge in [-0.25, -0.2) is 4.98 Å². The third kappa shape index (κ3) is 2.90. The highest BCUT2D eigenvalue weighted by molar-refractivity contribution is 7.22. The van der Waals surface area contributed by atoms with Crippen molar-refractivity contribution in [1.82, 2.24) is 4.98 Å². The van der Waals surface area contributed by atoms with Gasteiger partial charge in [0.1, 0.15) is 5.52 Å². The van der Waals surface area contributed by atoms with Crippen molar-refractivity contribution in [2.45, 2.75) is 6.42 Å². The van der Waals surface area contributed by atoms with Crippen LogP contribution in [0.2, 0.25) is 10.0 Å². The fraction of sp³-hybridized carbons (Fsp3) is 0.133. The summed E-state index contributed by atoms with van der Waals surface area (Å²) in [6, 6.07) is 13.9. The van der Waals surface area contributed by atoms with Crippen molar-refractivity contribution in [3.8, 4) is 0 Å². The summed E-state index contributed by atoms with van der Waals surface area (Å²) in [6.45, 7) is 0.832. The number of hydrogen-bond donors (Lipinski definition) is 1. The van der Waals surface area contributed by atoms with Crippen molar-refractivity contribution in [3.63, 3.8) is 0 Å². The quantitative estimate of drug-likeness (QED) is 0.708. The molecule has 0 aliphatic carbocycles. The Balaban J connectivity index is 1.72. The Bertz CT molecular complexity index is 686. The van der Waals surface area contributed by atoms with Gasteiger partial charge in [-0.2, -0.15) is 0 Å². The first-order valence-electron chi connectivity index (χ1n) is 6.26. The summed E-state index contributed by atoms with van der Waals surface area (Å²) in [5.74, 6) is 0. The lowest BCUT2D eigenvalue weighted by Crippen LogP contribution is -2.04. The molecule has 102 valence electrons. The topological polar surface area (TPSA) is 24.9 Å². The van der Waals surface area contributed by atoms with Crippen LogP contribution in [0, 0.1) is 0 Å². The molecule has 0 amide bonds.